The second kappa shape index (κ2) is 11.2. The maximum atomic E-state index is 10.5. The summed E-state index contributed by atoms with van der Waals surface area (Å²) in [6, 6.07) is 0. The van der Waals surface area contributed by atoms with Gasteiger partial charge in [-0.2, -0.15) is 0 Å². The summed E-state index contributed by atoms with van der Waals surface area (Å²) >= 11 is 0. The highest BCUT2D eigenvalue weighted by atomic mass is 16.7. The van der Waals surface area contributed by atoms with Crippen LogP contribution < -0.4 is 0 Å². The number of hydrogen-bond donors (Lipinski definition) is 0. The van der Waals surface area contributed by atoms with Gasteiger partial charge < -0.3 is 23.7 Å². The molecule has 0 saturated heterocycles. The van der Waals surface area contributed by atoms with Crippen molar-refractivity contribution in [2.75, 3.05) is 53.9 Å². The monoisotopic (exact) mass is 222 g/mol. The van der Waals surface area contributed by atoms with Gasteiger partial charge in [-0.25, -0.2) is 4.79 Å². The summed E-state index contributed by atoms with van der Waals surface area (Å²) in [5.74, 6) is 0. The van der Waals surface area contributed by atoms with Gasteiger partial charge in [0.25, 0.3) is 0 Å². The molecule has 0 aromatic rings. The Balaban J connectivity index is 2.95. The normalized spacial score (nSPS) is 10.0. The van der Waals surface area contributed by atoms with E-state index >= 15 is 0 Å². The third-order valence-electron chi connectivity index (χ3n) is 1.42. The zero-order valence-corrected chi connectivity index (χ0v) is 9.19. The average molecular weight is 222 g/mol. The van der Waals surface area contributed by atoms with E-state index in [2.05, 4.69) is 9.47 Å². The molecule has 0 heterocycles. The zero-order chi connectivity index (χ0) is 11.4. The minimum atomic E-state index is -0.699. The van der Waals surface area contributed by atoms with Crippen LogP contribution in [0.25, 0.3) is 0 Å². The Bertz CT molecular complexity index is 150. The minimum absolute atomic E-state index is 0.185. The van der Waals surface area contributed by atoms with Crippen LogP contribution in [0.4, 0.5) is 4.79 Å². The molecule has 0 aromatic carbocycles. The molecule has 0 aliphatic carbocycles. The second-order valence-electron chi connectivity index (χ2n) is 2.52. The first-order valence-electron chi connectivity index (χ1n) is 4.66. The van der Waals surface area contributed by atoms with Crippen LogP contribution in [0.5, 0.6) is 0 Å². The molecule has 6 nitrogen and oxygen atoms in total. The Kier molecular flexibility index (Phi) is 10.6. The molecule has 0 aromatic heterocycles. The van der Waals surface area contributed by atoms with Crippen LogP contribution in [0.1, 0.15) is 0 Å². The molecule has 15 heavy (non-hydrogen) atoms. The molecule has 0 aliphatic heterocycles. The lowest BCUT2D eigenvalue weighted by atomic mass is 10.7. The van der Waals surface area contributed by atoms with Crippen LogP contribution in [0, 0.1) is 0 Å². The lowest BCUT2D eigenvalue weighted by molar-refractivity contribution is 0.00468. The van der Waals surface area contributed by atoms with Crippen molar-refractivity contribution in [3.05, 3.63) is 0 Å². The molecule has 0 radical (unpaired) electrons. The summed E-state index contributed by atoms with van der Waals surface area (Å²) < 4.78 is 23.9. The van der Waals surface area contributed by atoms with E-state index in [-0.39, 0.29) is 6.61 Å². The van der Waals surface area contributed by atoms with Gasteiger partial charge in [0.1, 0.15) is 6.61 Å². The molecule has 0 atom stereocenters. The first kappa shape index (κ1) is 14.2. The highest BCUT2D eigenvalue weighted by Crippen LogP contribution is 1.84. The van der Waals surface area contributed by atoms with E-state index in [1.54, 1.807) is 7.11 Å². The first-order chi connectivity index (χ1) is 7.31. The van der Waals surface area contributed by atoms with Crippen molar-refractivity contribution >= 4 is 6.16 Å². The lowest BCUT2D eigenvalue weighted by Gasteiger charge is -2.05. The Labute approximate surface area is 89.4 Å². The van der Waals surface area contributed by atoms with Gasteiger partial charge in [0.05, 0.1) is 40.1 Å². The lowest BCUT2D eigenvalue weighted by Crippen LogP contribution is -2.13. The molecule has 0 amide bonds. The molecular formula is C9H18O6. The molecule has 0 fully saturated rings. The van der Waals surface area contributed by atoms with Crippen molar-refractivity contribution < 1.29 is 28.5 Å². The Hall–Kier alpha value is -0.850. The van der Waals surface area contributed by atoms with Gasteiger partial charge >= 0.3 is 6.16 Å². The fourth-order valence-corrected chi connectivity index (χ4v) is 0.707. The first-order valence-corrected chi connectivity index (χ1v) is 4.66. The van der Waals surface area contributed by atoms with Crippen LogP contribution in [-0.2, 0) is 23.7 Å². The zero-order valence-electron chi connectivity index (χ0n) is 9.19. The third kappa shape index (κ3) is 11.1. The molecule has 0 N–H and O–H groups in total. The highest BCUT2D eigenvalue weighted by molar-refractivity contribution is 5.59. The van der Waals surface area contributed by atoms with Crippen molar-refractivity contribution in [3.63, 3.8) is 0 Å². The number of methoxy groups -OCH3 is 2. The van der Waals surface area contributed by atoms with Crippen LogP contribution in [-0.4, -0.2) is 60.0 Å². The summed E-state index contributed by atoms with van der Waals surface area (Å²) in [5, 5.41) is 0. The topological polar surface area (TPSA) is 63.2 Å². The fraction of sp³-hybridized carbons (Fsp3) is 0.889. The van der Waals surface area contributed by atoms with Crippen LogP contribution in [0.15, 0.2) is 0 Å². The van der Waals surface area contributed by atoms with E-state index in [0.29, 0.717) is 33.0 Å². The predicted molar refractivity (Wildman–Crippen MR) is 51.9 cm³/mol. The van der Waals surface area contributed by atoms with Crippen molar-refractivity contribution in [1.82, 2.24) is 0 Å². The SMILES string of the molecule is COCCOCCOCCOC(=O)OC. The third-order valence-corrected chi connectivity index (χ3v) is 1.42. The Morgan fingerprint density at radius 2 is 1.40 bits per heavy atom. The van der Waals surface area contributed by atoms with Crippen molar-refractivity contribution in [2.24, 2.45) is 0 Å². The Morgan fingerprint density at radius 1 is 0.867 bits per heavy atom. The smallest absolute Gasteiger partial charge is 0.438 e. The van der Waals surface area contributed by atoms with Gasteiger partial charge in [0, 0.05) is 7.11 Å². The molecular weight excluding hydrogens is 204 g/mol. The number of rotatable bonds is 9. The van der Waals surface area contributed by atoms with Crippen LogP contribution in [0.2, 0.25) is 0 Å². The minimum Gasteiger partial charge on any atom is -0.438 e. The summed E-state index contributed by atoms with van der Waals surface area (Å²) in [7, 11) is 2.87. The van der Waals surface area contributed by atoms with E-state index < -0.39 is 6.16 Å². The standard InChI is InChI=1S/C9H18O6/c1-11-3-4-13-5-6-14-7-8-15-9(10)12-2/h3-8H2,1-2H3. The van der Waals surface area contributed by atoms with E-state index in [4.69, 9.17) is 14.2 Å². The summed E-state index contributed by atoms with van der Waals surface area (Å²) in [5.41, 5.74) is 0. The summed E-state index contributed by atoms with van der Waals surface area (Å²) in [6.45, 7) is 2.62. The molecule has 0 aliphatic rings. The largest absolute Gasteiger partial charge is 0.508 e. The molecule has 6 heteroatoms. The number of ether oxygens (including phenoxy) is 5. The predicted octanol–water partition coefficient (Wildman–Crippen LogP) is 0.449. The van der Waals surface area contributed by atoms with Crippen LogP contribution >= 0.6 is 0 Å². The van der Waals surface area contributed by atoms with E-state index in [9.17, 15) is 4.79 Å². The van der Waals surface area contributed by atoms with Crippen molar-refractivity contribution in [1.29, 1.82) is 0 Å². The van der Waals surface area contributed by atoms with Crippen LogP contribution in [0.3, 0.4) is 0 Å². The summed E-state index contributed by atoms with van der Waals surface area (Å²) in [6.07, 6.45) is -0.699. The molecule has 0 rings (SSSR count). The number of carbonyl (C=O) groups excluding carboxylic acids is 1. The average Bonchev–Trinajstić information content (AvgIpc) is 2.26. The van der Waals surface area contributed by atoms with Gasteiger partial charge in [-0.15, -0.1) is 0 Å². The number of carbonyl (C=O) groups is 1. The Morgan fingerprint density at radius 3 is 1.93 bits per heavy atom. The van der Waals surface area contributed by atoms with Gasteiger partial charge in [0.2, 0.25) is 0 Å². The summed E-state index contributed by atoms with van der Waals surface area (Å²) in [4.78, 5) is 10.5. The highest BCUT2D eigenvalue weighted by Gasteiger charge is 1.98. The van der Waals surface area contributed by atoms with Gasteiger partial charge in [0.15, 0.2) is 0 Å². The van der Waals surface area contributed by atoms with Gasteiger partial charge in [-0.1, -0.05) is 0 Å². The van der Waals surface area contributed by atoms with Crippen molar-refractivity contribution in [3.8, 4) is 0 Å². The number of hydrogen-bond acceptors (Lipinski definition) is 6. The van der Waals surface area contributed by atoms with E-state index in [1.165, 1.54) is 7.11 Å². The van der Waals surface area contributed by atoms with E-state index in [0.717, 1.165) is 0 Å². The van der Waals surface area contributed by atoms with E-state index in [1.807, 2.05) is 0 Å². The maximum absolute atomic E-state index is 10.5. The second-order valence-corrected chi connectivity index (χ2v) is 2.52. The quantitative estimate of drug-likeness (QED) is 0.417. The van der Waals surface area contributed by atoms with Crippen molar-refractivity contribution in [2.45, 2.75) is 0 Å². The molecule has 0 spiro atoms. The molecule has 90 valence electrons. The fourth-order valence-electron chi connectivity index (χ4n) is 0.707. The molecule has 0 unspecified atom stereocenters. The van der Waals surface area contributed by atoms with Gasteiger partial charge in [-0.3, -0.25) is 0 Å². The molecule has 0 saturated carbocycles. The maximum Gasteiger partial charge on any atom is 0.508 e. The van der Waals surface area contributed by atoms with Gasteiger partial charge in [-0.05, 0) is 0 Å². The molecule has 0 bridgehead atoms.